The number of rotatable bonds is 8. The van der Waals surface area contributed by atoms with Crippen molar-refractivity contribution in [3.05, 3.63) is 0 Å². The van der Waals surface area contributed by atoms with Crippen LogP contribution in [0.3, 0.4) is 0 Å². The Bertz CT molecular complexity index is 298. The molecule has 0 aromatic carbocycles. The SMILES string of the molecule is CCC(CC(C)=O)C[C@@H](COC(C)=O)OC(C)=O. The number of ketones is 1. The Balaban J connectivity index is 4.38. The van der Waals surface area contributed by atoms with Crippen LogP contribution in [0, 0.1) is 5.92 Å². The first kappa shape index (κ1) is 16.6. The van der Waals surface area contributed by atoms with Gasteiger partial charge in [0.2, 0.25) is 0 Å². The van der Waals surface area contributed by atoms with Crippen LogP contribution in [0.1, 0.15) is 47.0 Å². The van der Waals surface area contributed by atoms with Gasteiger partial charge in [0.05, 0.1) is 0 Å². The molecule has 104 valence electrons. The molecule has 0 N–H and O–H groups in total. The Labute approximate surface area is 108 Å². The van der Waals surface area contributed by atoms with Gasteiger partial charge in [-0.25, -0.2) is 0 Å². The zero-order chi connectivity index (χ0) is 14.1. The van der Waals surface area contributed by atoms with Gasteiger partial charge >= 0.3 is 11.9 Å². The predicted octanol–water partition coefficient (Wildman–Crippen LogP) is 1.88. The maximum atomic E-state index is 11.1. The molecule has 0 amide bonds. The Morgan fingerprint density at radius 2 is 1.67 bits per heavy atom. The molecule has 0 aliphatic heterocycles. The first-order valence-corrected chi connectivity index (χ1v) is 6.15. The molecule has 0 saturated heterocycles. The first-order valence-electron chi connectivity index (χ1n) is 6.15. The lowest BCUT2D eigenvalue weighted by atomic mass is 9.94. The number of carbonyl (C=O) groups excluding carboxylic acids is 3. The highest BCUT2D eigenvalue weighted by Crippen LogP contribution is 2.18. The van der Waals surface area contributed by atoms with Gasteiger partial charge in [0.25, 0.3) is 0 Å². The second-order valence-electron chi connectivity index (χ2n) is 4.45. The van der Waals surface area contributed by atoms with Crippen LogP contribution in [-0.4, -0.2) is 30.4 Å². The number of esters is 2. The average molecular weight is 258 g/mol. The number of hydrogen-bond donors (Lipinski definition) is 0. The van der Waals surface area contributed by atoms with E-state index in [9.17, 15) is 14.4 Å². The van der Waals surface area contributed by atoms with Gasteiger partial charge in [-0.05, 0) is 19.3 Å². The van der Waals surface area contributed by atoms with Gasteiger partial charge in [-0.3, -0.25) is 9.59 Å². The molecule has 1 unspecified atom stereocenters. The monoisotopic (exact) mass is 258 g/mol. The molecule has 0 bridgehead atoms. The van der Waals surface area contributed by atoms with Crippen molar-refractivity contribution in [2.45, 2.75) is 53.1 Å². The van der Waals surface area contributed by atoms with Gasteiger partial charge in [0.1, 0.15) is 18.5 Å². The Morgan fingerprint density at radius 3 is 2.06 bits per heavy atom. The number of ether oxygens (including phenoxy) is 2. The van der Waals surface area contributed by atoms with Crippen LogP contribution >= 0.6 is 0 Å². The molecule has 0 radical (unpaired) electrons. The fraction of sp³-hybridized carbons (Fsp3) is 0.769. The van der Waals surface area contributed by atoms with Crippen LogP contribution in [0.5, 0.6) is 0 Å². The van der Waals surface area contributed by atoms with E-state index < -0.39 is 18.0 Å². The zero-order valence-electron chi connectivity index (χ0n) is 11.5. The summed E-state index contributed by atoms with van der Waals surface area (Å²) in [7, 11) is 0. The van der Waals surface area contributed by atoms with Crippen molar-refractivity contribution in [1.29, 1.82) is 0 Å². The highest BCUT2D eigenvalue weighted by molar-refractivity contribution is 5.75. The van der Waals surface area contributed by atoms with Crippen LogP contribution in [0.2, 0.25) is 0 Å². The van der Waals surface area contributed by atoms with Gasteiger partial charge in [0, 0.05) is 20.3 Å². The van der Waals surface area contributed by atoms with Crippen molar-refractivity contribution in [3.63, 3.8) is 0 Å². The largest absolute Gasteiger partial charge is 0.462 e. The predicted molar refractivity (Wildman–Crippen MR) is 65.9 cm³/mol. The summed E-state index contributed by atoms with van der Waals surface area (Å²) in [4.78, 5) is 32.8. The smallest absolute Gasteiger partial charge is 0.303 e. The fourth-order valence-electron chi connectivity index (χ4n) is 1.77. The minimum atomic E-state index is -0.476. The van der Waals surface area contributed by atoms with Crippen LogP contribution in [0.15, 0.2) is 0 Å². The quantitative estimate of drug-likeness (QED) is 0.622. The second kappa shape index (κ2) is 8.66. The fourth-order valence-corrected chi connectivity index (χ4v) is 1.77. The maximum Gasteiger partial charge on any atom is 0.303 e. The molecular formula is C13H22O5. The van der Waals surface area contributed by atoms with Crippen LogP contribution in [0.25, 0.3) is 0 Å². The lowest BCUT2D eigenvalue weighted by Crippen LogP contribution is -2.27. The molecule has 0 saturated carbocycles. The average Bonchev–Trinajstić information content (AvgIpc) is 2.23. The van der Waals surface area contributed by atoms with E-state index in [1.54, 1.807) is 0 Å². The summed E-state index contributed by atoms with van der Waals surface area (Å²) in [6.07, 6.45) is 1.32. The molecule has 0 rings (SSSR count). The highest BCUT2D eigenvalue weighted by Gasteiger charge is 2.20. The Hall–Kier alpha value is -1.39. The number of Topliss-reactive ketones (excluding diaryl/α,β-unsaturated/α-hetero) is 1. The number of hydrogen-bond acceptors (Lipinski definition) is 5. The van der Waals surface area contributed by atoms with E-state index in [2.05, 4.69) is 0 Å². The minimum absolute atomic E-state index is 0.0450. The topological polar surface area (TPSA) is 69.7 Å². The summed E-state index contributed by atoms with van der Waals surface area (Å²) in [6.45, 7) is 6.17. The van der Waals surface area contributed by atoms with Gasteiger partial charge in [-0.15, -0.1) is 0 Å². The lowest BCUT2D eigenvalue weighted by Gasteiger charge is -2.21. The molecule has 5 nitrogen and oxygen atoms in total. The molecule has 5 heteroatoms. The molecule has 18 heavy (non-hydrogen) atoms. The van der Waals surface area contributed by atoms with E-state index in [1.165, 1.54) is 20.8 Å². The second-order valence-corrected chi connectivity index (χ2v) is 4.45. The Kier molecular flexibility index (Phi) is 8.00. The molecule has 0 aliphatic rings. The molecule has 0 heterocycles. The van der Waals surface area contributed by atoms with Crippen molar-refractivity contribution in [2.24, 2.45) is 5.92 Å². The molecule has 0 aromatic rings. The van der Waals surface area contributed by atoms with Crippen molar-refractivity contribution >= 4 is 17.7 Å². The van der Waals surface area contributed by atoms with Gasteiger partial charge in [-0.1, -0.05) is 13.3 Å². The summed E-state index contributed by atoms with van der Waals surface area (Å²) in [6, 6.07) is 0. The van der Waals surface area contributed by atoms with E-state index in [4.69, 9.17) is 9.47 Å². The van der Waals surface area contributed by atoms with Crippen LogP contribution in [0.4, 0.5) is 0 Å². The van der Waals surface area contributed by atoms with E-state index in [0.717, 1.165) is 6.42 Å². The Morgan fingerprint density at radius 1 is 1.06 bits per heavy atom. The third-order valence-corrected chi connectivity index (χ3v) is 2.55. The minimum Gasteiger partial charge on any atom is -0.462 e. The third-order valence-electron chi connectivity index (χ3n) is 2.55. The van der Waals surface area contributed by atoms with E-state index in [-0.39, 0.29) is 18.3 Å². The zero-order valence-corrected chi connectivity index (χ0v) is 11.5. The molecule has 0 spiro atoms. The molecule has 0 aliphatic carbocycles. The van der Waals surface area contributed by atoms with E-state index >= 15 is 0 Å². The van der Waals surface area contributed by atoms with Crippen LogP contribution < -0.4 is 0 Å². The van der Waals surface area contributed by atoms with Crippen molar-refractivity contribution in [3.8, 4) is 0 Å². The summed E-state index contributed by atoms with van der Waals surface area (Å²) in [5.41, 5.74) is 0. The summed E-state index contributed by atoms with van der Waals surface area (Å²) >= 11 is 0. The van der Waals surface area contributed by atoms with Crippen LogP contribution in [-0.2, 0) is 23.9 Å². The highest BCUT2D eigenvalue weighted by atomic mass is 16.6. The molecule has 0 aromatic heterocycles. The lowest BCUT2D eigenvalue weighted by molar-refractivity contribution is -0.157. The summed E-state index contributed by atoms with van der Waals surface area (Å²) in [5.74, 6) is -0.574. The number of carbonyl (C=O) groups is 3. The molecule has 2 atom stereocenters. The van der Waals surface area contributed by atoms with Gasteiger partial charge < -0.3 is 14.3 Å². The molecular weight excluding hydrogens is 236 g/mol. The van der Waals surface area contributed by atoms with Gasteiger partial charge in [0.15, 0.2) is 0 Å². The van der Waals surface area contributed by atoms with E-state index in [0.29, 0.717) is 12.8 Å². The summed E-state index contributed by atoms with van der Waals surface area (Å²) < 4.78 is 9.94. The van der Waals surface area contributed by atoms with Gasteiger partial charge in [-0.2, -0.15) is 0 Å². The standard InChI is InChI=1S/C13H22O5/c1-5-12(6-9(2)14)7-13(18-11(4)16)8-17-10(3)15/h12-13H,5-8H2,1-4H3/t12?,13-/m0/s1. The normalized spacial score (nSPS) is 13.6. The maximum absolute atomic E-state index is 11.1. The van der Waals surface area contributed by atoms with Crippen molar-refractivity contribution in [1.82, 2.24) is 0 Å². The third kappa shape index (κ3) is 8.73. The van der Waals surface area contributed by atoms with E-state index in [1.807, 2.05) is 6.92 Å². The first-order chi connectivity index (χ1) is 8.35. The molecule has 0 fully saturated rings. The summed E-state index contributed by atoms with van der Waals surface area (Å²) in [5, 5.41) is 0. The van der Waals surface area contributed by atoms with Crippen molar-refractivity contribution in [2.75, 3.05) is 6.61 Å². The van der Waals surface area contributed by atoms with Crippen molar-refractivity contribution < 1.29 is 23.9 Å².